The summed E-state index contributed by atoms with van der Waals surface area (Å²) in [5.74, 6) is 6.34. The predicted octanol–water partition coefficient (Wildman–Crippen LogP) is 2.20. The number of benzene rings is 2. The van der Waals surface area contributed by atoms with Crippen molar-refractivity contribution in [3.8, 4) is 5.75 Å². The molecule has 0 radical (unpaired) electrons. The fourth-order valence-corrected chi connectivity index (χ4v) is 2.65. The molecule has 0 saturated heterocycles. The minimum absolute atomic E-state index is 0.0272. The largest absolute Gasteiger partial charge is 0.488 e. The van der Waals surface area contributed by atoms with Crippen molar-refractivity contribution in [1.82, 2.24) is 5.43 Å². The molecule has 0 bridgehead atoms. The van der Waals surface area contributed by atoms with E-state index in [1.807, 2.05) is 24.3 Å². The van der Waals surface area contributed by atoms with Gasteiger partial charge in [-0.1, -0.05) is 30.3 Å². The van der Waals surface area contributed by atoms with E-state index in [0.29, 0.717) is 6.42 Å². The first-order chi connectivity index (χ1) is 9.76. The van der Waals surface area contributed by atoms with Crippen molar-refractivity contribution in [3.63, 3.8) is 0 Å². The van der Waals surface area contributed by atoms with Crippen molar-refractivity contribution in [3.05, 3.63) is 65.5 Å². The molecule has 3 N–H and O–H groups in total. The van der Waals surface area contributed by atoms with Crippen LogP contribution in [0.3, 0.4) is 0 Å². The molecule has 2 unspecified atom stereocenters. The van der Waals surface area contributed by atoms with Gasteiger partial charge in [-0.3, -0.25) is 11.3 Å². The molecule has 4 heteroatoms. The van der Waals surface area contributed by atoms with Crippen LogP contribution in [-0.4, -0.2) is 12.1 Å². The molecule has 0 amide bonds. The van der Waals surface area contributed by atoms with Crippen LogP contribution in [0.15, 0.2) is 48.5 Å². The average molecular weight is 272 g/mol. The van der Waals surface area contributed by atoms with E-state index in [2.05, 4.69) is 11.5 Å². The number of rotatable bonds is 4. The Hall–Kier alpha value is -1.91. The first-order valence-electron chi connectivity index (χ1n) is 6.71. The van der Waals surface area contributed by atoms with Gasteiger partial charge in [0.05, 0.1) is 6.04 Å². The van der Waals surface area contributed by atoms with Crippen molar-refractivity contribution >= 4 is 0 Å². The Bertz CT molecular complexity index is 578. The fourth-order valence-electron chi connectivity index (χ4n) is 2.65. The molecule has 1 aliphatic heterocycles. The van der Waals surface area contributed by atoms with Crippen molar-refractivity contribution in [1.29, 1.82) is 0 Å². The van der Waals surface area contributed by atoms with Gasteiger partial charge in [0.1, 0.15) is 17.7 Å². The minimum Gasteiger partial charge on any atom is -0.488 e. The molecule has 1 heterocycles. The maximum atomic E-state index is 13.2. The van der Waals surface area contributed by atoms with Gasteiger partial charge in [-0.2, -0.15) is 0 Å². The zero-order valence-electron chi connectivity index (χ0n) is 11.1. The Morgan fingerprint density at radius 2 is 2.10 bits per heavy atom. The molecule has 2 atom stereocenters. The van der Waals surface area contributed by atoms with Crippen LogP contribution in [-0.2, 0) is 12.8 Å². The van der Waals surface area contributed by atoms with Gasteiger partial charge in [0.15, 0.2) is 0 Å². The highest BCUT2D eigenvalue weighted by Crippen LogP contribution is 2.30. The van der Waals surface area contributed by atoms with Crippen LogP contribution < -0.4 is 16.0 Å². The molecule has 2 aromatic rings. The molecule has 0 aliphatic carbocycles. The number of para-hydroxylation sites is 1. The first kappa shape index (κ1) is 13.1. The zero-order chi connectivity index (χ0) is 13.9. The molecule has 3 nitrogen and oxygen atoms in total. The van der Waals surface area contributed by atoms with Gasteiger partial charge in [-0.05, 0) is 35.7 Å². The number of nitrogens with two attached hydrogens (primary N) is 1. The van der Waals surface area contributed by atoms with Gasteiger partial charge in [-0.15, -0.1) is 0 Å². The number of ether oxygens (including phenoxy) is 1. The van der Waals surface area contributed by atoms with E-state index in [-0.39, 0.29) is 18.0 Å². The van der Waals surface area contributed by atoms with Crippen LogP contribution in [0.2, 0.25) is 0 Å². The van der Waals surface area contributed by atoms with Crippen molar-refractivity contribution < 1.29 is 9.13 Å². The third-order valence-corrected chi connectivity index (χ3v) is 3.68. The topological polar surface area (TPSA) is 47.3 Å². The van der Waals surface area contributed by atoms with Crippen LogP contribution in [0.4, 0.5) is 4.39 Å². The molecule has 0 aromatic heterocycles. The normalized spacial score (nSPS) is 18.4. The van der Waals surface area contributed by atoms with Crippen molar-refractivity contribution in [2.24, 2.45) is 5.84 Å². The highest BCUT2D eigenvalue weighted by atomic mass is 19.1. The fraction of sp³-hybridized carbons (Fsp3) is 0.250. The summed E-state index contributed by atoms with van der Waals surface area (Å²) < 4.78 is 19.2. The smallest absolute Gasteiger partial charge is 0.123 e. The lowest BCUT2D eigenvalue weighted by atomic mass is 9.98. The first-order valence-corrected chi connectivity index (χ1v) is 6.71. The highest BCUT2D eigenvalue weighted by Gasteiger charge is 2.29. The molecule has 2 aromatic carbocycles. The van der Waals surface area contributed by atoms with E-state index in [4.69, 9.17) is 10.6 Å². The summed E-state index contributed by atoms with van der Waals surface area (Å²) >= 11 is 0. The molecule has 3 rings (SSSR count). The second-order valence-electron chi connectivity index (χ2n) is 5.08. The molecular weight excluding hydrogens is 255 g/mol. The van der Waals surface area contributed by atoms with Crippen LogP contribution >= 0.6 is 0 Å². The summed E-state index contributed by atoms with van der Waals surface area (Å²) in [5, 5.41) is 0. The SMILES string of the molecule is NNC(Cc1cccc(F)c1)C1Cc2ccccc2O1. The van der Waals surface area contributed by atoms with Crippen molar-refractivity contribution in [2.45, 2.75) is 25.0 Å². The lowest BCUT2D eigenvalue weighted by molar-refractivity contribution is 0.177. The Labute approximate surface area is 117 Å². The number of halogens is 1. The monoisotopic (exact) mass is 272 g/mol. The van der Waals surface area contributed by atoms with Crippen LogP contribution in [0, 0.1) is 5.82 Å². The maximum Gasteiger partial charge on any atom is 0.123 e. The van der Waals surface area contributed by atoms with E-state index in [1.54, 1.807) is 6.07 Å². The second kappa shape index (κ2) is 5.61. The van der Waals surface area contributed by atoms with Gasteiger partial charge in [0.2, 0.25) is 0 Å². The van der Waals surface area contributed by atoms with E-state index < -0.39 is 0 Å². The number of nitrogens with one attached hydrogen (secondary N) is 1. The quantitative estimate of drug-likeness (QED) is 0.662. The number of hydrogen-bond acceptors (Lipinski definition) is 3. The van der Waals surface area contributed by atoms with Gasteiger partial charge in [-0.25, -0.2) is 4.39 Å². The summed E-state index contributed by atoms with van der Waals surface area (Å²) in [4.78, 5) is 0. The van der Waals surface area contributed by atoms with E-state index in [1.165, 1.54) is 17.7 Å². The Kier molecular flexibility index (Phi) is 3.67. The lowest BCUT2D eigenvalue weighted by Gasteiger charge is -2.22. The van der Waals surface area contributed by atoms with Gasteiger partial charge in [0.25, 0.3) is 0 Å². The number of hydrogen-bond donors (Lipinski definition) is 2. The van der Waals surface area contributed by atoms with Crippen LogP contribution in [0.1, 0.15) is 11.1 Å². The van der Waals surface area contributed by atoms with Gasteiger partial charge in [0, 0.05) is 6.42 Å². The molecular formula is C16H17FN2O. The lowest BCUT2D eigenvalue weighted by Crippen LogP contribution is -2.47. The molecule has 0 fully saturated rings. The average Bonchev–Trinajstić information content (AvgIpc) is 2.88. The van der Waals surface area contributed by atoms with Gasteiger partial charge >= 0.3 is 0 Å². The molecule has 104 valence electrons. The zero-order valence-corrected chi connectivity index (χ0v) is 11.1. The summed E-state index contributed by atoms with van der Waals surface area (Å²) in [6.45, 7) is 0. The van der Waals surface area contributed by atoms with E-state index in [0.717, 1.165) is 17.7 Å². The van der Waals surface area contributed by atoms with E-state index in [9.17, 15) is 4.39 Å². The maximum absolute atomic E-state index is 13.2. The Balaban J connectivity index is 1.72. The standard InChI is InChI=1S/C16H17FN2O/c17-13-6-3-4-11(8-13)9-14(19-18)16-10-12-5-1-2-7-15(12)20-16/h1-8,14,16,19H,9-10,18H2. The van der Waals surface area contributed by atoms with E-state index >= 15 is 0 Å². The third kappa shape index (κ3) is 2.66. The molecule has 0 saturated carbocycles. The number of fused-ring (bicyclic) bond motifs is 1. The predicted molar refractivity (Wildman–Crippen MR) is 75.8 cm³/mol. The van der Waals surface area contributed by atoms with Crippen molar-refractivity contribution in [2.75, 3.05) is 0 Å². The van der Waals surface area contributed by atoms with Crippen LogP contribution in [0.5, 0.6) is 5.75 Å². The molecule has 20 heavy (non-hydrogen) atoms. The summed E-state index contributed by atoms with van der Waals surface area (Å²) in [6, 6.07) is 14.5. The van der Waals surface area contributed by atoms with Gasteiger partial charge < -0.3 is 4.74 Å². The molecule has 1 aliphatic rings. The summed E-state index contributed by atoms with van der Waals surface area (Å²) in [7, 11) is 0. The Morgan fingerprint density at radius 1 is 1.25 bits per heavy atom. The highest BCUT2D eigenvalue weighted by molar-refractivity contribution is 5.37. The van der Waals surface area contributed by atoms with Crippen LogP contribution in [0.25, 0.3) is 0 Å². The summed E-state index contributed by atoms with van der Waals surface area (Å²) in [5.41, 5.74) is 4.90. The molecule has 0 spiro atoms. The minimum atomic E-state index is -0.228. The third-order valence-electron chi connectivity index (χ3n) is 3.68. The summed E-state index contributed by atoms with van der Waals surface area (Å²) in [6.07, 6.45) is 1.42. The second-order valence-corrected chi connectivity index (χ2v) is 5.08. The Morgan fingerprint density at radius 3 is 2.85 bits per heavy atom. The number of hydrazine groups is 1.